The molecule has 1 N–H and O–H groups in total. The Balaban J connectivity index is 2.84. The number of hydrogen-bond donors (Lipinski definition) is 1. The van der Waals surface area contributed by atoms with E-state index in [0.717, 1.165) is 0 Å². The van der Waals surface area contributed by atoms with Gasteiger partial charge in [0.15, 0.2) is 0 Å². The minimum absolute atomic E-state index is 0.0242. The number of hydrogen-bond acceptors (Lipinski definition) is 3. The van der Waals surface area contributed by atoms with Crippen molar-refractivity contribution in [3.8, 4) is 0 Å². The molecule has 0 aliphatic carbocycles. The quantitative estimate of drug-likeness (QED) is 0.670. The maximum Gasteiger partial charge on any atom is 0.349 e. The number of alkyl halides is 1. The standard InChI is InChI=1S/C10H9BrO4/c11-6-8(12)15-9(10(13)14)7-4-2-1-3-5-7/h1-5,9H,6H2,(H,13,14). The van der Waals surface area contributed by atoms with E-state index >= 15 is 0 Å². The molecule has 0 aromatic heterocycles. The molecule has 0 aliphatic rings. The van der Waals surface area contributed by atoms with Gasteiger partial charge in [-0.05, 0) is 0 Å². The molecule has 0 spiro atoms. The number of carboxylic acid groups (broad SMARTS) is 1. The van der Waals surface area contributed by atoms with Crippen LogP contribution in [-0.4, -0.2) is 22.4 Å². The van der Waals surface area contributed by atoms with Crippen LogP contribution in [0.5, 0.6) is 0 Å². The van der Waals surface area contributed by atoms with Crippen LogP contribution in [0.2, 0.25) is 0 Å². The highest BCUT2D eigenvalue weighted by Crippen LogP contribution is 2.17. The van der Waals surface area contributed by atoms with Crippen LogP contribution < -0.4 is 0 Å². The molecule has 1 unspecified atom stereocenters. The summed E-state index contributed by atoms with van der Waals surface area (Å²) in [5.74, 6) is -1.79. The Labute approximate surface area is 95.0 Å². The van der Waals surface area contributed by atoms with Crippen molar-refractivity contribution >= 4 is 27.9 Å². The Morgan fingerprint density at radius 1 is 1.33 bits per heavy atom. The molecule has 0 radical (unpaired) electrons. The molecule has 1 aromatic rings. The topological polar surface area (TPSA) is 63.6 Å². The van der Waals surface area contributed by atoms with Crippen LogP contribution >= 0.6 is 15.9 Å². The van der Waals surface area contributed by atoms with Crippen molar-refractivity contribution in [2.45, 2.75) is 6.10 Å². The molecule has 5 heteroatoms. The number of benzene rings is 1. The molecule has 0 aliphatic heterocycles. The van der Waals surface area contributed by atoms with E-state index < -0.39 is 18.0 Å². The van der Waals surface area contributed by atoms with E-state index in [1.807, 2.05) is 0 Å². The van der Waals surface area contributed by atoms with Crippen molar-refractivity contribution in [1.82, 2.24) is 0 Å². The smallest absolute Gasteiger partial charge is 0.349 e. The first-order chi connectivity index (χ1) is 7.15. The largest absolute Gasteiger partial charge is 0.478 e. The Kier molecular flexibility index (Phi) is 4.30. The summed E-state index contributed by atoms with van der Waals surface area (Å²) in [7, 11) is 0. The Morgan fingerprint density at radius 3 is 2.40 bits per heavy atom. The second-order valence-electron chi connectivity index (χ2n) is 2.75. The fourth-order valence-electron chi connectivity index (χ4n) is 1.05. The van der Waals surface area contributed by atoms with Gasteiger partial charge in [0, 0.05) is 5.56 Å². The predicted octanol–water partition coefficient (Wildman–Crippen LogP) is 1.75. The number of carboxylic acids is 1. The first-order valence-electron chi connectivity index (χ1n) is 4.18. The van der Waals surface area contributed by atoms with Gasteiger partial charge >= 0.3 is 11.9 Å². The summed E-state index contributed by atoms with van der Waals surface area (Å²) in [6.07, 6.45) is -1.24. The third kappa shape index (κ3) is 3.36. The Bertz CT molecular complexity index is 350. The van der Waals surface area contributed by atoms with Gasteiger partial charge in [-0.2, -0.15) is 0 Å². The lowest BCUT2D eigenvalue weighted by molar-refractivity contribution is -0.162. The number of ether oxygens (including phenoxy) is 1. The third-order valence-electron chi connectivity index (χ3n) is 1.69. The van der Waals surface area contributed by atoms with Gasteiger partial charge in [0.1, 0.15) is 5.33 Å². The van der Waals surface area contributed by atoms with Crippen LogP contribution in [-0.2, 0) is 14.3 Å². The van der Waals surface area contributed by atoms with Gasteiger partial charge in [0.2, 0.25) is 6.10 Å². The number of rotatable bonds is 4. The molecule has 0 bridgehead atoms. The number of aliphatic carboxylic acids is 1. The van der Waals surface area contributed by atoms with Crippen molar-refractivity contribution in [2.24, 2.45) is 0 Å². The van der Waals surface area contributed by atoms with E-state index in [1.54, 1.807) is 30.3 Å². The average molecular weight is 273 g/mol. The molecule has 0 heterocycles. The number of carbonyl (C=O) groups excluding carboxylic acids is 1. The zero-order valence-electron chi connectivity index (χ0n) is 7.72. The number of halogens is 1. The van der Waals surface area contributed by atoms with Gasteiger partial charge in [-0.3, -0.25) is 4.79 Å². The van der Waals surface area contributed by atoms with Crippen LogP contribution in [0.1, 0.15) is 11.7 Å². The third-order valence-corrected chi connectivity index (χ3v) is 2.14. The minimum Gasteiger partial charge on any atom is -0.478 e. The molecule has 0 amide bonds. The summed E-state index contributed by atoms with van der Waals surface area (Å²) in [6, 6.07) is 8.33. The van der Waals surface area contributed by atoms with Crippen molar-refractivity contribution < 1.29 is 19.4 Å². The fraction of sp³-hybridized carbons (Fsp3) is 0.200. The molecule has 0 saturated carbocycles. The number of esters is 1. The van der Waals surface area contributed by atoms with E-state index in [1.165, 1.54) is 0 Å². The van der Waals surface area contributed by atoms with Crippen LogP contribution in [0.4, 0.5) is 0 Å². The van der Waals surface area contributed by atoms with Gasteiger partial charge in [0.25, 0.3) is 0 Å². The van der Waals surface area contributed by atoms with E-state index in [9.17, 15) is 9.59 Å². The summed E-state index contributed by atoms with van der Waals surface area (Å²) in [5.41, 5.74) is 0.444. The highest BCUT2D eigenvalue weighted by molar-refractivity contribution is 9.09. The minimum atomic E-state index is -1.24. The van der Waals surface area contributed by atoms with Gasteiger partial charge in [-0.25, -0.2) is 4.79 Å². The van der Waals surface area contributed by atoms with E-state index in [4.69, 9.17) is 9.84 Å². The molecular weight excluding hydrogens is 264 g/mol. The Hall–Kier alpha value is -1.36. The van der Waals surface area contributed by atoms with Crippen LogP contribution in [0.3, 0.4) is 0 Å². The van der Waals surface area contributed by atoms with Crippen LogP contribution in [0.15, 0.2) is 30.3 Å². The average Bonchev–Trinajstić information content (AvgIpc) is 2.26. The monoisotopic (exact) mass is 272 g/mol. The number of carbonyl (C=O) groups is 2. The molecule has 1 rings (SSSR count). The van der Waals surface area contributed by atoms with Gasteiger partial charge in [-0.1, -0.05) is 46.3 Å². The molecule has 1 atom stereocenters. The Morgan fingerprint density at radius 2 is 1.93 bits per heavy atom. The van der Waals surface area contributed by atoms with Gasteiger partial charge in [-0.15, -0.1) is 0 Å². The van der Waals surface area contributed by atoms with Crippen LogP contribution in [0, 0.1) is 0 Å². The fourth-order valence-corrected chi connectivity index (χ4v) is 1.18. The van der Waals surface area contributed by atoms with Crippen molar-refractivity contribution in [3.05, 3.63) is 35.9 Å². The molecule has 80 valence electrons. The zero-order chi connectivity index (χ0) is 11.3. The normalized spacial score (nSPS) is 11.8. The second-order valence-corrected chi connectivity index (χ2v) is 3.31. The lowest BCUT2D eigenvalue weighted by Gasteiger charge is -2.12. The van der Waals surface area contributed by atoms with Gasteiger partial charge < -0.3 is 9.84 Å². The lowest BCUT2D eigenvalue weighted by atomic mass is 10.1. The molecule has 4 nitrogen and oxygen atoms in total. The molecule has 0 fully saturated rings. The molecule has 15 heavy (non-hydrogen) atoms. The first kappa shape index (κ1) is 11.7. The van der Waals surface area contributed by atoms with Crippen LogP contribution in [0.25, 0.3) is 0 Å². The highest BCUT2D eigenvalue weighted by Gasteiger charge is 2.23. The van der Waals surface area contributed by atoms with Crippen molar-refractivity contribution in [1.29, 1.82) is 0 Å². The summed E-state index contributed by atoms with van der Waals surface area (Å²) < 4.78 is 4.76. The zero-order valence-corrected chi connectivity index (χ0v) is 9.31. The molecular formula is C10H9BrO4. The van der Waals surface area contributed by atoms with Crippen molar-refractivity contribution in [3.63, 3.8) is 0 Å². The second kappa shape index (κ2) is 5.50. The summed E-state index contributed by atoms with van der Waals surface area (Å²) in [4.78, 5) is 21.8. The summed E-state index contributed by atoms with van der Waals surface area (Å²) >= 11 is 2.90. The predicted molar refractivity (Wildman–Crippen MR) is 56.7 cm³/mol. The summed E-state index contributed by atoms with van der Waals surface area (Å²) in [6.45, 7) is 0. The molecule has 1 aromatic carbocycles. The van der Waals surface area contributed by atoms with E-state index in [0.29, 0.717) is 5.56 Å². The lowest BCUT2D eigenvalue weighted by Crippen LogP contribution is -2.19. The SMILES string of the molecule is O=C(CBr)OC(C(=O)O)c1ccccc1. The van der Waals surface area contributed by atoms with Gasteiger partial charge in [0.05, 0.1) is 0 Å². The van der Waals surface area contributed by atoms with E-state index in [-0.39, 0.29) is 5.33 Å². The molecule has 0 saturated heterocycles. The summed E-state index contributed by atoms with van der Waals surface area (Å²) in [5, 5.41) is 8.85. The maximum atomic E-state index is 11.0. The first-order valence-corrected chi connectivity index (χ1v) is 5.30. The van der Waals surface area contributed by atoms with Crippen molar-refractivity contribution in [2.75, 3.05) is 5.33 Å². The highest BCUT2D eigenvalue weighted by atomic mass is 79.9. The van der Waals surface area contributed by atoms with E-state index in [2.05, 4.69) is 15.9 Å². The maximum absolute atomic E-state index is 11.0.